The van der Waals surface area contributed by atoms with Crippen molar-refractivity contribution in [2.45, 2.75) is 96.3 Å². The smallest absolute Gasteiger partial charge is 0.251 e. The van der Waals surface area contributed by atoms with Gasteiger partial charge in [-0.2, -0.15) is 4.98 Å². The first-order valence-corrected chi connectivity index (χ1v) is 17.2. The van der Waals surface area contributed by atoms with E-state index >= 15 is 0 Å². The van der Waals surface area contributed by atoms with E-state index in [-0.39, 0.29) is 29.4 Å². The highest BCUT2D eigenvalue weighted by Gasteiger charge is 2.42. The van der Waals surface area contributed by atoms with Crippen molar-refractivity contribution in [3.8, 4) is 5.75 Å². The summed E-state index contributed by atoms with van der Waals surface area (Å²) in [6.45, 7) is 14.3. The highest BCUT2D eigenvalue weighted by atomic mass is 16.5. The normalized spacial score (nSPS) is 24.5. The number of benzene rings is 1. The van der Waals surface area contributed by atoms with Crippen LogP contribution in [-0.2, 0) is 4.79 Å². The van der Waals surface area contributed by atoms with Crippen molar-refractivity contribution in [3.05, 3.63) is 30.0 Å². The van der Waals surface area contributed by atoms with Crippen molar-refractivity contribution < 1.29 is 14.3 Å². The lowest BCUT2D eigenvalue weighted by atomic mass is 9.89. The van der Waals surface area contributed by atoms with E-state index in [4.69, 9.17) is 9.72 Å². The van der Waals surface area contributed by atoms with Gasteiger partial charge in [0.2, 0.25) is 11.9 Å². The van der Waals surface area contributed by atoms with Crippen LogP contribution in [-0.4, -0.2) is 102 Å². The minimum absolute atomic E-state index is 0.0373. The molecule has 2 amide bonds. The highest BCUT2D eigenvalue weighted by molar-refractivity contribution is 6.04. The number of nitrogens with zero attached hydrogens (tertiary/aromatic N) is 6. The summed E-state index contributed by atoms with van der Waals surface area (Å²) in [5, 5.41) is 6.57. The molecule has 6 rings (SSSR count). The van der Waals surface area contributed by atoms with Crippen LogP contribution in [0.15, 0.2) is 24.4 Å². The molecule has 1 atom stereocenters. The molecule has 1 aromatic carbocycles. The van der Waals surface area contributed by atoms with Crippen molar-refractivity contribution in [2.24, 2.45) is 5.92 Å². The third-order valence-corrected chi connectivity index (χ3v) is 10.3. The molecule has 250 valence electrons. The molecule has 4 aliphatic rings. The topological polar surface area (TPSA) is 106 Å². The molecule has 2 aromatic rings. The SMILES string of the molecule is CC[C@@H]1C(=O)N(C)c2cnc(Nc3ccc(C(=O)N[C@H]4CC[C@H](N5CCN(CC6CC6)CC5)CC4)cc3OC)nc2N1C(C)(C)C. The number of carbonyl (C=O) groups excluding carboxylic acids is 2. The first-order valence-electron chi connectivity index (χ1n) is 17.2. The number of piperazine rings is 1. The number of aromatic nitrogens is 2. The van der Waals surface area contributed by atoms with Gasteiger partial charge in [-0.15, -0.1) is 0 Å². The molecule has 1 saturated heterocycles. The molecular formula is C35H52N8O3. The van der Waals surface area contributed by atoms with Gasteiger partial charge < -0.3 is 30.1 Å². The summed E-state index contributed by atoms with van der Waals surface area (Å²) >= 11 is 0. The number of carbonyl (C=O) groups is 2. The van der Waals surface area contributed by atoms with Gasteiger partial charge in [0, 0.05) is 63.0 Å². The van der Waals surface area contributed by atoms with Crippen molar-refractivity contribution in [1.29, 1.82) is 0 Å². The Bertz CT molecular complexity index is 1410. The lowest BCUT2D eigenvalue weighted by molar-refractivity contribution is -0.120. The third-order valence-electron chi connectivity index (χ3n) is 10.3. The first kappa shape index (κ1) is 32.5. The lowest BCUT2D eigenvalue weighted by Crippen LogP contribution is -2.59. The average Bonchev–Trinajstić information content (AvgIpc) is 3.87. The standard InChI is InChI=1S/C35H52N8O3/c1-7-28-33(45)40(5)29-21-36-34(39-31(29)43(28)35(2,3)4)38-27-15-10-24(20-30(27)46-6)32(44)37-25-11-13-26(14-12-25)42-18-16-41(17-19-42)22-23-8-9-23/h10,15,20-21,23,25-26,28H,7-9,11-14,16-19,22H2,1-6H3,(H,37,44)(H,36,38,39)/t25-,26-,28-/m1/s1. The Morgan fingerprint density at radius 3 is 2.39 bits per heavy atom. The van der Waals surface area contributed by atoms with E-state index in [1.165, 1.54) is 45.6 Å². The molecule has 1 aromatic heterocycles. The number of ether oxygens (including phenoxy) is 1. The zero-order chi connectivity index (χ0) is 32.6. The third kappa shape index (κ3) is 6.95. The van der Waals surface area contributed by atoms with Gasteiger partial charge in [0.1, 0.15) is 17.5 Å². The molecule has 11 heteroatoms. The molecule has 2 saturated carbocycles. The summed E-state index contributed by atoms with van der Waals surface area (Å²) in [5.74, 6) is 2.55. The van der Waals surface area contributed by atoms with Crippen LogP contribution < -0.4 is 25.2 Å². The van der Waals surface area contributed by atoms with E-state index in [2.05, 4.69) is 51.1 Å². The van der Waals surface area contributed by atoms with Crippen LogP contribution in [0.25, 0.3) is 0 Å². The van der Waals surface area contributed by atoms with Crippen molar-refractivity contribution in [2.75, 3.05) is 62.0 Å². The maximum Gasteiger partial charge on any atom is 0.251 e. The van der Waals surface area contributed by atoms with Crippen molar-refractivity contribution in [3.63, 3.8) is 0 Å². The second-order valence-corrected chi connectivity index (χ2v) is 14.6. The molecule has 3 fully saturated rings. The highest BCUT2D eigenvalue weighted by Crippen LogP contribution is 2.40. The van der Waals surface area contributed by atoms with Crippen LogP contribution in [0.4, 0.5) is 23.1 Å². The second-order valence-electron chi connectivity index (χ2n) is 14.6. The maximum atomic E-state index is 13.3. The van der Waals surface area contributed by atoms with Crippen LogP contribution in [0, 0.1) is 5.92 Å². The summed E-state index contributed by atoms with van der Waals surface area (Å²) in [5.41, 5.74) is 1.57. The largest absolute Gasteiger partial charge is 0.495 e. The van der Waals surface area contributed by atoms with E-state index in [1.807, 2.05) is 19.1 Å². The molecule has 0 spiro atoms. The van der Waals surface area contributed by atoms with Gasteiger partial charge in [-0.1, -0.05) is 6.92 Å². The van der Waals surface area contributed by atoms with E-state index in [0.717, 1.165) is 31.6 Å². The summed E-state index contributed by atoms with van der Waals surface area (Å²) in [6.07, 6.45) is 9.49. The molecule has 2 N–H and O–H groups in total. The minimum Gasteiger partial charge on any atom is -0.495 e. The Hall–Kier alpha value is -3.44. The van der Waals surface area contributed by atoms with Crippen LogP contribution >= 0.6 is 0 Å². The average molecular weight is 633 g/mol. The Morgan fingerprint density at radius 1 is 1.04 bits per heavy atom. The molecule has 0 bridgehead atoms. The van der Waals surface area contributed by atoms with Gasteiger partial charge >= 0.3 is 0 Å². The number of hydrogen-bond acceptors (Lipinski definition) is 9. The fourth-order valence-corrected chi connectivity index (χ4v) is 7.47. The number of likely N-dealkylation sites (N-methyl/N-ethyl adjacent to an activating group) is 1. The van der Waals surface area contributed by atoms with E-state index < -0.39 is 0 Å². The van der Waals surface area contributed by atoms with E-state index in [1.54, 1.807) is 31.3 Å². The monoisotopic (exact) mass is 632 g/mol. The van der Waals surface area contributed by atoms with E-state index in [0.29, 0.717) is 46.9 Å². The molecule has 46 heavy (non-hydrogen) atoms. The number of anilines is 4. The van der Waals surface area contributed by atoms with Crippen LogP contribution in [0.1, 0.15) is 83.0 Å². The number of nitrogens with one attached hydrogen (secondary N) is 2. The van der Waals surface area contributed by atoms with Crippen LogP contribution in [0.5, 0.6) is 5.75 Å². The summed E-state index contributed by atoms with van der Waals surface area (Å²) in [6, 6.07) is 5.93. The van der Waals surface area contributed by atoms with Gasteiger partial charge in [-0.3, -0.25) is 14.5 Å². The predicted octanol–water partition coefficient (Wildman–Crippen LogP) is 4.66. The Balaban J connectivity index is 1.07. The molecule has 2 aliphatic heterocycles. The Morgan fingerprint density at radius 2 is 1.76 bits per heavy atom. The Kier molecular flexibility index (Phi) is 9.43. The van der Waals surface area contributed by atoms with Crippen LogP contribution in [0.2, 0.25) is 0 Å². The van der Waals surface area contributed by atoms with Crippen molar-refractivity contribution in [1.82, 2.24) is 25.1 Å². The minimum atomic E-state index is -0.325. The quantitative estimate of drug-likeness (QED) is 0.409. The molecular weight excluding hydrogens is 580 g/mol. The second kappa shape index (κ2) is 13.4. The van der Waals surface area contributed by atoms with Gasteiger partial charge in [0.25, 0.3) is 5.91 Å². The number of fused-ring (bicyclic) bond motifs is 1. The number of hydrogen-bond donors (Lipinski definition) is 2. The fraction of sp³-hybridized carbons (Fsp3) is 0.657. The summed E-state index contributed by atoms with van der Waals surface area (Å²) in [4.78, 5) is 44.9. The predicted molar refractivity (Wildman–Crippen MR) is 182 cm³/mol. The molecule has 2 aliphatic carbocycles. The zero-order valence-electron chi connectivity index (χ0n) is 28.5. The molecule has 11 nitrogen and oxygen atoms in total. The van der Waals surface area contributed by atoms with Gasteiger partial charge in [0.15, 0.2) is 5.82 Å². The molecule has 0 radical (unpaired) electrons. The lowest BCUT2D eigenvalue weighted by Gasteiger charge is -2.47. The molecule has 3 heterocycles. The first-order chi connectivity index (χ1) is 22.0. The van der Waals surface area contributed by atoms with Gasteiger partial charge in [-0.25, -0.2) is 4.98 Å². The summed E-state index contributed by atoms with van der Waals surface area (Å²) < 4.78 is 5.69. The number of rotatable bonds is 9. The maximum absolute atomic E-state index is 13.3. The number of amides is 2. The van der Waals surface area contributed by atoms with Crippen molar-refractivity contribution >= 4 is 35.0 Å². The summed E-state index contributed by atoms with van der Waals surface area (Å²) in [7, 11) is 3.37. The van der Waals surface area contributed by atoms with Crippen LogP contribution in [0.3, 0.4) is 0 Å². The van der Waals surface area contributed by atoms with Gasteiger partial charge in [-0.05, 0) is 89.8 Å². The fourth-order valence-electron chi connectivity index (χ4n) is 7.47. The number of methoxy groups -OCH3 is 1. The van der Waals surface area contributed by atoms with Gasteiger partial charge in [0.05, 0.1) is 19.0 Å². The van der Waals surface area contributed by atoms with E-state index in [9.17, 15) is 9.59 Å². The molecule has 0 unspecified atom stereocenters. The Labute approximate surface area is 274 Å². The zero-order valence-corrected chi connectivity index (χ0v) is 28.5.